The molecule has 0 aliphatic carbocycles. The molecule has 0 radical (unpaired) electrons. The van der Waals surface area contributed by atoms with Crippen molar-refractivity contribution < 1.29 is 9.90 Å². The summed E-state index contributed by atoms with van der Waals surface area (Å²) in [6.07, 6.45) is 2.11. The lowest BCUT2D eigenvalue weighted by molar-refractivity contribution is 0.0744. The minimum absolute atomic E-state index is 0.0498. The number of benzene rings is 1. The molecule has 1 aliphatic heterocycles. The number of hydrogen-bond acceptors (Lipinski definition) is 2. The number of likely N-dealkylation sites (tertiary alicyclic amines) is 1. The molecule has 1 aromatic carbocycles. The largest absolute Gasteiger partial charge is 0.507 e. The summed E-state index contributed by atoms with van der Waals surface area (Å²) in [5.74, 6) is 0.0674. The molecule has 1 unspecified atom stereocenters. The minimum atomic E-state index is -0.0498. The summed E-state index contributed by atoms with van der Waals surface area (Å²) in [6, 6.07) is 5.59. The van der Waals surface area contributed by atoms with E-state index >= 15 is 0 Å². The van der Waals surface area contributed by atoms with E-state index in [1.807, 2.05) is 11.0 Å². The molecule has 3 heteroatoms. The van der Waals surface area contributed by atoms with E-state index in [0.29, 0.717) is 5.56 Å². The van der Waals surface area contributed by atoms with Gasteiger partial charge in [-0.3, -0.25) is 4.79 Å². The highest BCUT2D eigenvalue weighted by atomic mass is 16.3. The van der Waals surface area contributed by atoms with Gasteiger partial charge in [-0.1, -0.05) is 12.1 Å². The van der Waals surface area contributed by atoms with E-state index < -0.39 is 0 Å². The molecule has 0 bridgehead atoms. The first kappa shape index (κ1) is 11.0. The molecule has 1 aromatic rings. The molecule has 1 aliphatic rings. The van der Waals surface area contributed by atoms with E-state index in [0.717, 1.165) is 24.9 Å². The van der Waals surface area contributed by atoms with Crippen molar-refractivity contribution in [1.82, 2.24) is 4.90 Å². The Hall–Kier alpha value is -1.51. The van der Waals surface area contributed by atoms with Gasteiger partial charge in [0.15, 0.2) is 0 Å². The van der Waals surface area contributed by atoms with Crippen molar-refractivity contribution >= 4 is 5.91 Å². The molecule has 16 heavy (non-hydrogen) atoms. The Morgan fingerprint density at radius 2 is 2.25 bits per heavy atom. The van der Waals surface area contributed by atoms with E-state index in [2.05, 4.69) is 6.92 Å². The molecule has 1 saturated heterocycles. The second-order valence-corrected chi connectivity index (χ2v) is 4.46. The van der Waals surface area contributed by atoms with Crippen molar-refractivity contribution in [2.75, 3.05) is 6.54 Å². The van der Waals surface area contributed by atoms with Crippen LogP contribution in [0.5, 0.6) is 5.75 Å². The predicted molar refractivity (Wildman–Crippen MR) is 62.6 cm³/mol. The fourth-order valence-corrected chi connectivity index (χ4v) is 2.22. The standard InChI is InChI=1S/C13H17NO2/c1-9-5-3-7-11(12(9)15)13(16)14-8-4-6-10(14)2/h3,5,7,10,15H,4,6,8H2,1-2H3. The summed E-state index contributed by atoms with van der Waals surface area (Å²) in [6.45, 7) is 4.66. The van der Waals surface area contributed by atoms with Gasteiger partial charge in [0.2, 0.25) is 0 Å². The van der Waals surface area contributed by atoms with Crippen molar-refractivity contribution in [2.24, 2.45) is 0 Å². The number of phenolic OH excluding ortho intramolecular Hbond substituents is 1. The van der Waals surface area contributed by atoms with Crippen LogP contribution in [0.4, 0.5) is 0 Å². The van der Waals surface area contributed by atoms with Crippen LogP contribution in [0.1, 0.15) is 35.7 Å². The average Bonchev–Trinajstić information content (AvgIpc) is 2.68. The third kappa shape index (κ3) is 1.77. The zero-order valence-electron chi connectivity index (χ0n) is 9.73. The summed E-state index contributed by atoms with van der Waals surface area (Å²) in [4.78, 5) is 14.0. The minimum Gasteiger partial charge on any atom is -0.507 e. The maximum absolute atomic E-state index is 12.2. The molecule has 1 heterocycles. The van der Waals surface area contributed by atoms with Gasteiger partial charge in [0.25, 0.3) is 5.91 Å². The molecule has 1 amide bonds. The van der Waals surface area contributed by atoms with E-state index in [-0.39, 0.29) is 17.7 Å². The van der Waals surface area contributed by atoms with Crippen molar-refractivity contribution in [3.05, 3.63) is 29.3 Å². The summed E-state index contributed by atoms with van der Waals surface area (Å²) < 4.78 is 0. The number of para-hydroxylation sites is 1. The normalized spacial score (nSPS) is 20.1. The maximum atomic E-state index is 12.2. The average molecular weight is 219 g/mol. The number of phenols is 1. The van der Waals surface area contributed by atoms with Crippen LogP contribution in [-0.4, -0.2) is 28.5 Å². The Bertz CT molecular complexity index is 414. The Labute approximate surface area is 95.7 Å². The highest BCUT2D eigenvalue weighted by molar-refractivity contribution is 5.97. The van der Waals surface area contributed by atoms with Crippen molar-refractivity contribution in [2.45, 2.75) is 32.7 Å². The predicted octanol–water partition coefficient (Wildman–Crippen LogP) is 2.33. The van der Waals surface area contributed by atoms with E-state index in [1.165, 1.54) is 0 Å². The molecule has 1 N–H and O–H groups in total. The van der Waals surface area contributed by atoms with Crippen LogP contribution >= 0.6 is 0 Å². The number of carbonyl (C=O) groups excluding carboxylic acids is 1. The number of hydrogen-bond donors (Lipinski definition) is 1. The number of aryl methyl sites for hydroxylation is 1. The Morgan fingerprint density at radius 3 is 2.88 bits per heavy atom. The molecule has 2 rings (SSSR count). The van der Waals surface area contributed by atoms with Crippen LogP contribution < -0.4 is 0 Å². The lowest BCUT2D eigenvalue weighted by Crippen LogP contribution is -2.33. The molecular weight excluding hydrogens is 202 g/mol. The van der Waals surface area contributed by atoms with Gasteiger partial charge in [0, 0.05) is 12.6 Å². The van der Waals surface area contributed by atoms with Gasteiger partial charge >= 0.3 is 0 Å². The lowest BCUT2D eigenvalue weighted by Gasteiger charge is -2.22. The zero-order valence-corrected chi connectivity index (χ0v) is 9.73. The molecular formula is C13H17NO2. The first-order valence-electron chi connectivity index (χ1n) is 5.71. The van der Waals surface area contributed by atoms with Crippen molar-refractivity contribution in [3.8, 4) is 5.75 Å². The number of rotatable bonds is 1. The smallest absolute Gasteiger partial charge is 0.257 e. The number of amides is 1. The van der Waals surface area contributed by atoms with E-state index in [1.54, 1.807) is 19.1 Å². The monoisotopic (exact) mass is 219 g/mol. The van der Waals surface area contributed by atoms with Crippen LogP contribution in [0.3, 0.4) is 0 Å². The topological polar surface area (TPSA) is 40.5 Å². The van der Waals surface area contributed by atoms with Gasteiger partial charge in [0.1, 0.15) is 5.75 Å². The molecule has 1 atom stereocenters. The Morgan fingerprint density at radius 1 is 1.50 bits per heavy atom. The highest BCUT2D eigenvalue weighted by Gasteiger charge is 2.27. The van der Waals surface area contributed by atoms with Crippen LogP contribution in [0.15, 0.2) is 18.2 Å². The SMILES string of the molecule is Cc1cccc(C(=O)N2CCCC2C)c1O. The summed E-state index contributed by atoms with van der Waals surface area (Å²) in [5, 5.41) is 9.87. The molecule has 3 nitrogen and oxygen atoms in total. The van der Waals surface area contributed by atoms with Crippen molar-refractivity contribution in [3.63, 3.8) is 0 Å². The second-order valence-electron chi connectivity index (χ2n) is 4.46. The molecule has 86 valence electrons. The Kier molecular flexibility index (Phi) is 2.86. The Balaban J connectivity index is 2.30. The third-order valence-electron chi connectivity index (χ3n) is 3.28. The second kappa shape index (κ2) is 4.16. The van der Waals surface area contributed by atoms with Gasteiger partial charge in [-0.25, -0.2) is 0 Å². The first-order valence-corrected chi connectivity index (χ1v) is 5.71. The zero-order chi connectivity index (χ0) is 11.7. The van der Waals surface area contributed by atoms with Gasteiger partial charge in [0.05, 0.1) is 5.56 Å². The van der Waals surface area contributed by atoms with Crippen LogP contribution in [0, 0.1) is 6.92 Å². The van der Waals surface area contributed by atoms with Gasteiger partial charge in [-0.2, -0.15) is 0 Å². The third-order valence-corrected chi connectivity index (χ3v) is 3.28. The number of nitrogens with zero attached hydrogens (tertiary/aromatic N) is 1. The highest BCUT2D eigenvalue weighted by Crippen LogP contribution is 2.26. The lowest BCUT2D eigenvalue weighted by atomic mass is 10.1. The molecule has 0 saturated carbocycles. The van der Waals surface area contributed by atoms with Gasteiger partial charge in [-0.05, 0) is 38.3 Å². The van der Waals surface area contributed by atoms with Gasteiger partial charge in [-0.15, -0.1) is 0 Å². The first-order chi connectivity index (χ1) is 7.61. The number of carbonyl (C=O) groups is 1. The van der Waals surface area contributed by atoms with E-state index in [4.69, 9.17) is 0 Å². The van der Waals surface area contributed by atoms with E-state index in [9.17, 15) is 9.90 Å². The van der Waals surface area contributed by atoms with Gasteiger partial charge < -0.3 is 10.0 Å². The number of aromatic hydroxyl groups is 1. The van der Waals surface area contributed by atoms with Crippen LogP contribution in [0.25, 0.3) is 0 Å². The fourth-order valence-electron chi connectivity index (χ4n) is 2.22. The molecule has 1 fully saturated rings. The fraction of sp³-hybridized carbons (Fsp3) is 0.462. The summed E-state index contributed by atoms with van der Waals surface area (Å²) in [5.41, 5.74) is 1.17. The maximum Gasteiger partial charge on any atom is 0.257 e. The molecule has 0 spiro atoms. The van der Waals surface area contributed by atoms with Crippen LogP contribution in [0.2, 0.25) is 0 Å². The van der Waals surface area contributed by atoms with Crippen molar-refractivity contribution in [1.29, 1.82) is 0 Å². The summed E-state index contributed by atoms with van der Waals surface area (Å²) in [7, 11) is 0. The molecule has 0 aromatic heterocycles. The quantitative estimate of drug-likeness (QED) is 0.787. The summed E-state index contributed by atoms with van der Waals surface area (Å²) >= 11 is 0. The van der Waals surface area contributed by atoms with Crippen LogP contribution in [-0.2, 0) is 0 Å².